The molecule has 1 aliphatic rings. The number of hydrogen-bond donors (Lipinski definition) is 2. The van der Waals surface area contributed by atoms with E-state index in [4.69, 9.17) is 0 Å². The molecule has 150 valence electrons. The molecule has 1 amide bonds. The molecule has 0 aliphatic carbocycles. The van der Waals surface area contributed by atoms with Gasteiger partial charge in [0, 0.05) is 36.3 Å². The summed E-state index contributed by atoms with van der Waals surface area (Å²) in [5, 5.41) is 6.83. The number of nitrogens with one attached hydrogen (secondary N) is 2. The molecule has 0 unspecified atom stereocenters. The number of hydrogen-bond acceptors (Lipinski definition) is 4. The van der Waals surface area contributed by atoms with E-state index < -0.39 is 0 Å². The zero-order chi connectivity index (χ0) is 20.4. The van der Waals surface area contributed by atoms with Crippen LogP contribution >= 0.6 is 0 Å². The van der Waals surface area contributed by atoms with Crippen molar-refractivity contribution in [1.82, 2.24) is 24.6 Å². The lowest BCUT2D eigenvalue weighted by atomic mass is 9.95. The maximum atomic E-state index is 12.8. The van der Waals surface area contributed by atoms with E-state index in [2.05, 4.69) is 15.2 Å². The summed E-state index contributed by atoms with van der Waals surface area (Å²) < 4.78 is 1.68. The SMILES string of the molecule is Cc1cc(C(=O)N2CCC(c3n[nH]c(=O)n3Cc3ccccc3)CC2)cc(=O)[nH]1. The van der Waals surface area contributed by atoms with Gasteiger partial charge in [0.2, 0.25) is 5.56 Å². The average molecular weight is 393 g/mol. The molecule has 8 heteroatoms. The molecule has 3 heterocycles. The molecule has 3 aromatic rings. The number of aryl methyl sites for hydroxylation is 1. The molecule has 0 radical (unpaired) electrons. The Labute approximate surface area is 167 Å². The first-order valence-electron chi connectivity index (χ1n) is 9.70. The smallest absolute Gasteiger partial charge is 0.339 e. The molecule has 4 rings (SSSR count). The van der Waals surface area contributed by atoms with Crippen LogP contribution in [0, 0.1) is 6.92 Å². The van der Waals surface area contributed by atoms with Gasteiger partial charge in [-0.1, -0.05) is 30.3 Å². The molecule has 1 saturated heterocycles. The third-order valence-electron chi connectivity index (χ3n) is 5.34. The van der Waals surface area contributed by atoms with E-state index in [9.17, 15) is 14.4 Å². The van der Waals surface area contributed by atoms with E-state index in [0.717, 1.165) is 11.4 Å². The van der Waals surface area contributed by atoms with Crippen molar-refractivity contribution in [3.8, 4) is 0 Å². The molecule has 0 atom stereocenters. The number of aromatic amines is 2. The maximum absolute atomic E-state index is 12.8. The lowest BCUT2D eigenvalue weighted by Gasteiger charge is -2.31. The van der Waals surface area contributed by atoms with Crippen molar-refractivity contribution >= 4 is 5.91 Å². The van der Waals surface area contributed by atoms with Crippen molar-refractivity contribution in [2.45, 2.75) is 32.2 Å². The van der Waals surface area contributed by atoms with Gasteiger partial charge < -0.3 is 9.88 Å². The highest BCUT2D eigenvalue weighted by Crippen LogP contribution is 2.27. The van der Waals surface area contributed by atoms with Gasteiger partial charge in [0.15, 0.2) is 0 Å². The summed E-state index contributed by atoms with van der Waals surface area (Å²) in [5.41, 5.74) is 1.61. The highest BCUT2D eigenvalue weighted by Gasteiger charge is 2.28. The maximum Gasteiger partial charge on any atom is 0.343 e. The number of carbonyl (C=O) groups is 1. The molecule has 0 saturated carbocycles. The Hall–Kier alpha value is -3.42. The van der Waals surface area contributed by atoms with E-state index in [-0.39, 0.29) is 23.1 Å². The summed E-state index contributed by atoms with van der Waals surface area (Å²) >= 11 is 0. The van der Waals surface area contributed by atoms with Gasteiger partial charge in [-0.3, -0.25) is 14.2 Å². The number of aromatic nitrogens is 4. The summed E-state index contributed by atoms with van der Waals surface area (Å²) in [5.74, 6) is 0.696. The van der Waals surface area contributed by atoms with Crippen LogP contribution in [0.2, 0.25) is 0 Å². The van der Waals surface area contributed by atoms with E-state index in [1.807, 2.05) is 30.3 Å². The molecule has 1 aliphatic heterocycles. The summed E-state index contributed by atoms with van der Waals surface area (Å²) in [7, 11) is 0. The van der Waals surface area contributed by atoms with Gasteiger partial charge in [0.25, 0.3) is 5.91 Å². The van der Waals surface area contributed by atoms with Gasteiger partial charge in [-0.15, -0.1) is 0 Å². The lowest BCUT2D eigenvalue weighted by Crippen LogP contribution is -2.39. The minimum atomic E-state index is -0.273. The predicted octanol–water partition coefficient (Wildman–Crippen LogP) is 1.64. The third kappa shape index (κ3) is 4.06. The Morgan fingerprint density at radius 2 is 1.86 bits per heavy atom. The van der Waals surface area contributed by atoms with Crippen LogP contribution in [0.1, 0.15) is 46.2 Å². The van der Waals surface area contributed by atoms with Gasteiger partial charge in [-0.2, -0.15) is 5.10 Å². The van der Waals surface area contributed by atoms with Crippen molar-refractivity contribution in [1.29, 1.82) is 0 Å². The zero-order valence-corrected chi connectivity index (χ0v) is 16.2. The van der Waals surface area contributed by atoms with Crippen LogP contribution in [0.5, 0.6) is 0 Å². The first kappa shape index (κ1) is 18.9. The molecular formula is C21H23N5O3. The second-order valence-corrected chi connectivity index (χ2v) is 7.44. The number of piperidine rings is 1. The van der Waals surface area contributed by atoms with Crippen LogP contribution in [-0.4, -0.2) is 43.6 Å². The summed E-state index contributed by atoms with van der Waals surface area (Å²) in [4.78, 5) is 41.1. The lowest BCUT2D eigenvalue weighted by molar-refractivity contribution is 0.0710. The van der Waals surface area contributed by atoms with Crippen LogP contribution < -0.4 is 11.2 Å². The molecule has 0 bridgehead atoms. The number of amides is 1. The molecule has 2 N–H and O–H groups in total. The Bertz CT molecular complexity index is 1120. The largest absolute Gasteiger partial charge is 0.343 e. The van der Waals surface area contributed by atoms with Crippen LogP contribution in [0.15, 0.2) is 52.1 Å². The van der Waals surface area contributed by atoms with Crippen LogP contribution in [0.4, 0.5) is 0 Å². The van der Waals surface area contributed by atoms with Crippen molar-refractivity contribution in [3.05, 3.63) is 85.9 Å². The van der Waals surface area contributed by atoms with E-state index in [0.29, 0.717) is 43.7 Å². The number of likely N-dealkylation sites (tertiary alicyclic amines) is 1. The second-order valence-electron chi connectivity index (χ2n) is 7.44. The Balaban J connectivity index is 1.47. The van der Waals surface area contributed by atoms with Crippen LogP contribution in [0.3, 0.4) is 0 Å². The predicted molar refractivity (Wildman–Crippen MR) is 108 cm³/mol. The summed E-state index contributed by atoms with van der Waals surface area (Å²) in [6.45, 7) is 3.34. The Morgan fingerprint density at radius 3 is 2.55 bits per heavy atom. The van der Waals surface area contributed by atoms with E-state index in [1.165, 1.54) is 6.07 Å². The minimum absolute atomic E-state index is 0.0997. The van der Waals surface area contributed by atoms with Gasteiger partial charge in [0.1, 0.15) is 5.82 Å². The minimum Gasteiger partial charge on any atom is -0.339 e. The molecule has 0 spiro atoms. The van der Waals surface area contributed by atoms with Crippen LogP contribution in [0.25, 0.3) is 0 Å². The monoisotopic (exact) mass is 393 g/mol. The Morgan fingerprint density at radius 1 is 1.14 bits per heavy atom. The standard InChI is InChI=1S/C21H23N5O3/c1-14-11-17(12-18(27)22-14)20(28)25-9-7-16(8-10-25)19-23-24-21(29)26(19)13-15-5-3-2-4-6-15/h2-6,11-12,16H,7-10,13H2,1H3,(H,22,27)(H,24,29). The second kappa shape index (κ2) is 7.90. The molecule has 2 aromatic heterocycles. The number of rotatable bonds is 4. The Kier molecular flexibility index (Phi) is 5.16. The summed E-state index contributed by atoms with van der Waals surface area (Å²) in [6.07, 6.45) is 1.43. The normalized spacial score (nSPS) is 14.9. The topological polar surface area (TPSA) is 104 Å². The molecule has 29 heavy (non-hydrogen) atoms. The van der Waals surface area contributed by atoms with Crippen molar-refractivity contribution in [2.75, 3.05) is 13.1 Å². The van der Waals surface area contributed by atoms with Crippen LogP contribution in [-0.2, 0) is 6.54 Å². The molecule has 1 aromatic carbocycles. The quantitative estimate of drug-likeness (QED) is 0.703. The highest BCUT2D eigenvalue weighted by molar-refractivity contribution is 5.94. The molecule has 1 fully saturated rings. The first-order valence-corrected chi connectivity index (χ1v) is 9.70. The summed E-state index contributed by atoms with van der Waals surface area (Å²) in [6, 6.07) is 12.8. The molecule has 8 nitrogen and oxygen atoms in total. The number of H-pyrrole nitrogens is 2. The average Bonchev–Trinajstić information content (AvgIpc) is 3.08. The fourth-order valence-corrected chi connectivity index (χ4v) is 3.89. The molecular weight excluding hydrogens is 370 g/mol. The highest BCUT2D eigenvalue weighted by atomic mass is 16.2. The van der Waals surface area contributed by atoms with Crippen molar-refractivity contribution in [2.24, 2.45) is 0 Å². The van der Waals surface area contributed by atoms with Crippen molar-refractivity contribution < 1.29 is 4.79 Å². The zero-order valence-electron chi connectivity index (χ0n) is 16.2. The number of carbonyl (C=O) groups excluding carboxylic acids is 1. The van der Waals surface area contributed by atoms with Gasteiger partial charge in [0.05, 0.1) is 6.54 Å². The van der Waals surface area contributed by atoms with Gasteiger partial charge in [-0.05, 0) is 31.4 Å². The fourth-order valence-electron chi connectivity index (χ4n) is 3.89. The number of pyridine rings is 1. The van der Waals surface area contributed by atoms with Gasteiger partial charge >= 0.3 is 5.69 Å². The van der Waals surface area contributed by atoms with Crippen molar-refractivity contribution in [3.63, 3.8) is 0 Å². The third-order valence-corrected chi connectivity index (χ3v) is 5.34. The fraction of sp³-hybridized carbons (Fsp3) is 0.333. The number of nitrogens with zero attached hydrogens (tertiary/aromatic N) is 3. The van der Waals surface area contributed by atoms with E-state index in [1.54, 1.807) is 22.5 Å². The number of benzene rings is 1. The van der Waals surface area contributed by atoms with E-state index >= 15 is 0 Å². The first-order chi connectivity index (χ1) is 14.0. The van der Waals surface area contributed by atoms with Gasteiger partial charge in [-0.25, -0.2) is 9.89 Å².